The molecule has 3 rings (SSSR count). The summed E-state index contributed by atoms with van der Waals surface area (Å²) in [6.45, 7) is 10.9. The van der Waals surface area contributed by atoms with E-state index < -0.39 is 48.1 Å². The Labute approximate surface area is 248 Å². The summed E-state index contributed by atoms with van der Waals surface area (Å²) in [7, 11) is 0. The van der Waals surface area contributed by atoms with Gasteiger partial charge >= 0.3 is 18.2 Å². The van der Waals surface area contributed by atoms with E-state index in [1.807, 2.05) is 74.5 Å². The molecular formula is C33H43NO8. The van der Waals surface area contributed by atoms with Gasteiger partial charge in [-0.2, -0.15) is 0 Å². The summed E-state index contributed by atoms with van der Waals surface area (Å²) in [5, 5.41) is 0. The first-order valence-electron chi connectivity index (χ1n) is 14.5. The highest BCUT2D eigenvalue weighted by Gasteiger charge is 2.49. The quantitative estimate of drug-likeness (QED) is 0.148. The van der Waals surface area contributed by atoms with Crippen LogP contribution in [-0.2, 0) is 28.5 Å². The highest BCUT2D eigenvalue weighted by molar-refractivity contribution is 5.82. The Hall–Kier alpha value is -3.85. The smallest absolute Gasteiger partial charge is 0.463 e. The number of hydrogen-bond donors (Lipinski definition) is 0. The van der Waals surface area contributed by atoms with Crippen molar-refractivity contribution < 1.29 is 38.1 Å². The first-order valence-corrected chi connectivity index (χ1v) is 14.5. The van der Waals surface area contributed by atoms with Crippen LogP contribution in [0.1, 0.15) is 71.6 Å². The molecule has 0 unspecified atom stereocenters. The van der Waals surface area contributed by atoms with E-state index in [1.54, 1.807) is 38.7 Å². The maximum Gasteiger partial charge on any atom is 0.508 e. The number of amides is 1. The number of hydrogen-bond acceptors (Lipinski definition) is 8. The van der Waals surface area contributed by atoms with Gasteiger partial charge in [-0.3, -0.25) is 4.90 Å². The van der Waals surface area contributed by atoms with E-state index >= 15 is 0 Å². The van der Waals surface area contributed by atoms with Crippen molar-refractivity contribution in [3.63, 3.8) is 0 Å². The molecule has 2 aromatic carbocycles. The summed E-state index contributed by atoms with van der Waals surface area (Å²) >= 11 is 0. The predicted octanol–water partition coefficient (Wildman–Crippen LogP) is 6.61. The van der Waals surface area contributed by atoms with Crippen molar-refractivity contribution in [2.75, 3.05) is 13.2 Å². The molecule has 0 radical (unpaired) electrons. The minimum Gasteiger partial charge on any atom is -0.463 e. The predicted molar refractivity (Wildman–Crippen MR) is 158 cm³/mol. The van der Waals surface area contributed by atoms with Gasteiger partial charge in [-0.25, -0.2) is 14.4 Å². The maximum atomic E-state index is 13.8. The molecule has 0 saturated carbocycles. The van der Waals surface area contributed by atoms with E-state index in [-0.39, 0.29) is 19.3 Å². The fraction of sp³-hybridized carbons (Fsp3) is 0.485. The molecule has 1 heterocycles. The maximum absolute atomic E-state index is 13.8. The van der Waals surface area contributed by atoms with E-state index in [9.17, 15) is 14.4 Å². The Morgan fingerprint density at radius 2 is 1.50 bits per heavy atom. The number of cyclic esters (lactones) is 1. The number of carbonyl (C=O) groups is 3. The number of rotatable bonds is 13. The standard InChI is InChI=1S/C33H43NO8/c1-7-25(8-2)40-27(22-39-32(37)42-33(4,5)6)30-26(20-21-28(35)38-9-3)34(31(36)41-30)29(23-16-12-10-13-17-23)24-18-14-11-15-19-24/h10-21,25-27,29-30H,7-9,22H2,1-6H3/b21-20+/t26-,27+,30-/m0/s1. The Bertz CT molecular complexity index is 1130. The molecule has 2 aromatic rings. The fourth-order valence-corrected chi connectivity index (χ4v) is 4.82. The number of carbonyl (C=O) groups excluding carboxylic acids is 3. The van der Waals surface area contributed by atoms with Crippen molar-refractivity contribution in [1.29, 1.82) is 0 Å². The third-order valence-electron chi connectivity index (χ3n) is 6.73. The van der Waals surface area contributed by atoms with E-state index in [0.717, 1.165) is 11.1 Å². The number of benzene rings is 2. The minimum absolute atomic E-state index is 0.182. The van der Waals surface area contributed by atoms with Gasteiger partial charge in [0.15, 0.2) is 6.10 Å². The minimum atomic E-state index is -0.916. The molecule has 42 heavy (non-hydrogen) atoms. The van der Waals surface area contributed by atoms with Crippen LogP contribution >= 0.6 is 0 Å². The molecule has 0 N–H and O–H groups in total. The van der Waals surface area contributed by atoms with E-state index in [0.29, 0.717) is 12.8 Å². The average Bonchev–Trinajstić information content (AvgIpc) is 3.28. The lowest BCUT2D eigenvalue weighted by Crippen LogP contribution is -2.46. The Morgan fingerprint density at radius 3 is 2.00 bits per heavy atom. The van der Waals surface area contributed by atoms with Gasteiger partial charge in [-0.15, -0.1) is 0 Å². The summed E-state index contributed by atoms with van der Waals surface area (Å²) in [5.74, 6) is -0.547. The summed E-state index contributed by atoms with van der Waals surface area (Å²) < 4.78 is 28.4. The second kappa shape index (κ2) is 15.4. The molecule has 9 heteroatoms. The van der Waals surface area contributed by atoms with Gasteiger partial charge in [0.1, 0.15) is 18.3 Å². The monoisotopic (exact) mass is 581 g/mol. The summed E-state index contributed by atoms with van der Waals surface area (Å²) in [5.41, 5.74) is 0.972. The van der Waals surface area contributed by atoms with Crippen molar-refractivity contribution in [2.45, 2.75) is 90.4 Å². The van der Waals surface area contributed by atoms with Crippen LogP contribution < -0.4 is 0 Å². The second-order valence-electron chi connectivity index (χ2n) is 11.0. The molecule has 1 amide bonds. The molecule has 3 atom stereocenters. The first-order chi connectivity index (χ1) is 20.1. The molecular weight excluding hydrogens is 538 g/mol. The SMILES string of the molecule is CCOC(=O)/C=C/[C@H]1[C@@H]([C@@H](COC(=O)OC(C)(C)C)OC(CC)CC)OC(=O)N1C(c1ccccc1)c1ccccc1. The van der Waals surface area contributed by atoms with Crippen molar-refractivity contribution in [1.82, 2.24) is 4.90 Å². The summed E-state index contributed by atoms with van der Waals surface area (Å²) in [6.07, 6.45) is 0.904. The van der Waals surface area contributed by atoms with E-state index in [2.05, 4.69) is 0 Å². The fourth-order valence-electron chi connectivity index (χ4n) is 4.82. The van der Waals surface area contributed by atoms with Crippen LogP contribution in [0, 0.1) is 0 Å². The highest BCUT2D eigenvalue weighted by Crippen LogP contribution is 2.38. The Balaban J connectivity index is 2.07. The number of ether oxygens (including phenoxy) is 5. The zero-order chi connectivity index (χ0) is 30.7. The van der Waals surface area contributed by atoms with Crippen LogP contribution in [0.5, 0.6) is 0 Å². The van der Waals surface area contributed by atoms with Crippen LogP contribution in [0.2, 0.25) is 0 Å². The highest BCUT2D eigenvalue weighted by atomic mass is 16.7. The molecule has 228 valence electrons. The van der Waals surface area contributed by atoms with Crippen LogP contribution in [-0.4, -0.2) is 66.3 Å². The van der Waals surface area contributed by atoms with Gasteiger partial charge in [0.25, 0.3) is 0 Å². The molecule has 1 aliphatic heterocycles. The van der Waals surface area contributed by atoms with Gasteiger partial charge in [0, 0.05) is 6.08 Å². The lowest BCUT2D eigenvalue weighted by Gasteiger charge is -2.33. The molecule has 9 nitrogen and oxygen atoms in total. The van der Waals surface area contributed by atoms with Crippen LogP contribution in [0.4, 0.5) is 9.59 Å². The largest absolute Gasteiger partial charge is 0.508 e. The van der Waals surface area contributed by atoms with Crippen molar-refractivity contribution in [3.05, 3.63) is 83.9 Å². The summed E-state index contributed by atoms with van der Waals surface area (Å²) in [6, 6.07) is 17.9. The molecule has 0 bridgehead atoms. The zero-order valence-corrected chi connectivity index (χ0v) is 25.4. The third-order valence-corrected chi connectivity index (χ3v) is 6.73. The van der Waals surface area contributed by atoms with Gasteiger partial charge in [0.2, 0.25) is 0 Å². The Kier molecular flexibility index (Phi) is 12.0. The molecule has 1 saturated heterocycles. The van der Waals surface area contributed by atoms with E-state index in [1.165, 1.54) is 6.08 Å². The van der Waals surface area contributed by atoms with Crippen molar-refractivity contribution >= 4 is 18.2 Å². The molecule has 1 fully saturated rings. The van der Waals surface area contributed by atoms with Gasteiger partial charge < -0.3 is 23.7 Å². The van der Waals surface area contributed by atoms with E-state index in [4.69, 9.17) is 23.7 Å². The number of nitrogens with zero attached hydrogens (tertiary/aromatic N) is 1. The molecule has 0 spiro atoms. The number of esters is 1. The lowest BCUT2D eigenvalue weighted by atomic mass is 9.94. The average molecular weight is 582 g/mol. The Morgan fingerprint density at radius 1 is 0.929 bits per heavy atom. The van der Waals surface area contributed by atoms with Crippen LogP contribution in [0.15, 0.2) is 72.8 Å². The second-order valence-corrected chi connectivity index (χ2v) is 11.0. The zero-order valence-electron chi connectivity index (χ0n) is 25.4. The topological polar surface area (TPSA) is 101 Å². The summed E-state index contributed by atoms with van der Waals surface area (Å²) in [4.78, 5) is 40.3. The van der Waals surface area contributed by atoms with Gasteiger partial charge in [0.05, 0.1) is 24.8 Å². The molecule has 0 aromatic heterocycles. The first kappa shape index (κ1) is 32.7. The van der Waals surface area contributed by atoms with Crippen LogP contribution in [0.3, 0.4) is 0 Å². The third kappa shape index (κ3) is 9.08. The van der Waals surface area contributed by atoms with Crippen LogP contribution in [0.25, 0.3) is 0 Å². The molecule has 0 aliphatic carbocycles. The normalized spacial score (nSPS) is 17.9. The lowest BCUT2D eigenvalue weighted by molar-refractivity contribution is -0.137. The van der Waals surface area contributed by atoms with Gasteiger partial charge in [-0.05, 0) is 51.7 Å². The van der Waals surface area contributed by atoms with Crippen molar-refractivity contribution in [3.8, 4) is 0 Å². The van der Waals surface area contributed by atoms with Gasteiger partial charge in [-0.1, -0.05) is 80.6 Å². The molecule has 1 aliphatic rings. The van der Waals surface area contributed by atoms with Crippen molar-refractivity contribution in [2.24, 2.45) is 0 Å².